The minimum absolute atomic E-state index is 0.0451. The van der Waals surface area contributed by atoms with Gasteiger partial charge in [-0.05, 0) is 151 Å². The Morgan fingerprint density at radius 2 is 0.685 bits per heavy atom. The molecule has 4 saturated heterocycles. The molecule has 127 heavy (non-hydrogen) atoms. The van der Waals surface area contributed by atoms with E-state index in [9.17, 15) is 14.4 Å². The summed E-state index contributed by atoms with van der Waals surface area (Å²) >= 11 is 0. The first kappa shape index (κ1) is 86.4. The Kier molecular flexibility index (Phi) is 29.2. The van der Waals surface area contributed by atoms with Gasteiger partial charge in [0.25, 0.3) is 17.7 Å². The fourth-order valence-corrected chi connectivity index (χ4v) is 17.3. The molecule has 34 nitrogen and oxygen atoms in total. The molecule has 0 radical (unpaired) electrons. The monoisotopic (exact) mass is 1730 g/mol. The molecule has 12 heterocycles. The lowest BCUT2D eigenvalue weighted by molar-refractivity contribution is 0.0859. The van der Waals surface area contributed by atoms with Crippen molar-refractivity contribution in [2.45, 2.75) is 158 Å². The van der Waals surface area contributed by atoms with Crippen LogP contribution in [-0.2, 0) is 25.6 Å². The van der Waals surface area contributed by atoms with Crippen molar-refractivity contribution in [3.63, 3.8) is 0 Å². The second-order valence-corrected chi connectivity index (χ2v) is 32.7. The number of morpholine rings is 4. The van der Waals surface area contributed by atoms with E-state index in [1.54, 1.807) is 111 Å². The zero-order valence-electron chi connectivity index (χ0n) is 71.1. The highest BCUT2D eigenvalue weighted by Gasteiger charge is 2.32. The Morgan fingerprint density at radius 1 is 0.346 bits per heavy atom. The van der Waals surface area contributed by atoms with E-state index >= 15 is 0 Å². The molecular weight excluding hydrogens is 1620 g/mol. The molecule has 12 aromatic rings. The molecule has 4 aromatic carbocycles. The minimum Gasteiger partial charge on any atom is -0.488 e. The number of rotatable bonds is 21. The molecule has 3 amide bonds. The lowest BCUT2D eigenvalue weighted by Crippen LogP contribution is -2.39. The van der Waals surface area contributed by atoms with E-state index in [-0.39, 0.29) is 72.8 Å². The third-order valence-corrected chi connectivity index (χ3v) is 24.2. The summed E-state index contributed by atoms with van der Waals surface area (Å²) in [7, 11) is 0. The number of carbonyl (C=O) groups excluding carboxylic acids is 3. The molecule has 4 saturated carbocycles. The highest BCUT2D eigenvalue weighted by Crippen LogP contribution is 2.39. The fourth-order valence-electron chi connectivity index (χ4n) is 17.3. The topological polar surface area (TPSA) is 387 Å². The van der Waals surface area contributed by atoms with Crippen LogP contribution in [0.5, 0.6) is 23.0 Å². The van der Waals surface area contributed by atoms with E-state index in [1.165, 1.54) is 12.5 Å². The average Bonchev–Trinajstić information content (AvgIpc) is 1.16. The number of nitrogens with one attached hydrogen (secondary N) is 4. The second-order valence-electron chi connectivity index (χ2n) is 32.7. The number of hydrogen-bond donors (Lipinski definition) is 5. The van der Waals surface area contributed by atoms with E-state index in [4.69, 9.17) is 47.4 Å². The van der Waals surface area contributed by atoms with Crippen LogP contribution in [0.3, 0.4) is 0 Å². The van der Waals surface area contributed by atoms with Gasteiger partial charge in [-0.3, -0.25) is 44.3 Å². The van der Waals surface area contributed by atoms with Crippen LogP contribution in [0.15, 0.2) is 176 Å². The van der Waals surface area contributed by atoms with Crippen molar-refractivity contribution >= 4 is 90.6 Å². The van der Waals surface area contributed by atoms with Gasteiger partial charge < -0.3 is 88.3 Å². The summed E-state index contributed by atoms with van der Waals surface area (Å²) in [6.45, 7) is 12.6. The van der Waals surface area contributed by atoms with Gasteiger partial charge in [-0.2, -0.15) is 0 Å². The van der Waals surface area contributed by atoms with Gasteiger partial charge in [0.15, 0.2) is 0 Å². The van der Waals surface area contributed by atoms with Crippen LogP contribution >= 0.6 is 0 Å². The standard InChI is InChI=1S/2C24H27N5O3.C23H28N6O3.C22H25N5O4/c30-24(17-5-7-25-8-6-17)28-18-1-3-20(4-2-18)32-22-16-19(29-11-13-31-14-12-29)15-21-23(22)27-10-9-26-21;30-24(17-2-1-7-25-16-17)28-18-3-5-20(6-4-18)32-22-15-19(29-10-12-31-13-11-29)14-21-23(22)27-9-8-26-21;30-15-16-13-26-23(27-14-16)28-17-1-3-19(4-2-17)32-21-12-18(29-7-9-31-10-8-29)11-20-22(21)25-6-5-24-20;28-21(22-25-7-10-30-22)26-15-1-3-17(4-2-15)31-19-14-16(27-8-11-29-12-9-27)13-18-20(19)24-6-5-23-18/h5-10,15-16,18,20H,1-4,11-14H2,(H,28,30);1-2,7-9,14-16,18,20H,3-6,10-13H2,(H,28,30);5-6,11-14,17,19,30H,1-4,7-10,15H2,(H,26,27,28);5-7,10,13-15,17H,1-4,8-9,11-12H2,(H,26,28). The number of ether oxygens (including phenoxy) is 8. The molecule has 0 atom stereocenters. The zero-order chi connectivity index (χ0) is 86.3. The smallest absolute Gasteiger partial charge is 0.307 e. The highest BCUT2D eigenvalue weighted by molar-refractivity contribution is 5.95. The van der Waals surface area contributed by atoms with Crippen molar-refractivity contribution in [1.29, 1.82) is 0 Å². The van der Waals surface area contributed by atoms with Crippen molar-refractivity contribution in [1.82, 2.24) is 80.7 Å². The largest absolute Gasteiger partial charge is 0.488 e. The summed E-state index contributed by atoms with van der Waals surface area (Å²) in [6.07, 6.45) is 41.0. The van der Waals surface area contributed by atoms with Crippen molar-refractivity contribution in [2.24, 2.45) is 0 Å². The maximum atomic E-state index is 12.4. The van der Waals surface area contributed by atoms with Crippen LogP contribution < -0.4 is 59.8 Å². The number of benzene rings is 4. The van der Waals surface area contributed by atoms with Gasteiger partial charge in [-0.1, -0.05) is 0 Å². The summed E-state index contributed by atoms with van der Waals surface area (Å²) in [5, 5.41) is 21.8. The van der Waals surface area contributed by atoms with Gasteiger partial charge in [0.2, 0.25) is 5.95 Å². The third-order valence-electron chi connectivity index (χ3n) is 24.2. The first-order valence-corrected chi connectivity index (χ1v) is 44.3. The first-order chi connectivity index (χ1) is 62.6. The molecule has 0 unspecified atom stereocenters. The number of hydrogen-bond acceptors (Lipinski definition) is 31. The molecule has 0 spiro atoms. The zero-order valence-corrected chi connectivity index (χ0v) is 71.1. The molecule has 20 rings (SSSR count). The Morgan fingerprint density at radius 3 is 1.02 bits per heavy atom. The summed E-state index contributed by atoms with van der Waals surface area (Å²) in [6, 6.07) is 24.4. The second kappa shape index (κ2) is 43.0. The number of amides is 3. The Bertz CT molecular complexity index is 5380. The number of oxazole rings is 1. The third kappa shape index (κ3) is 23.1. The van der Waals surface area contributed by atoms with Crippen molar-refractivity contribution < 1.29 is 61.8 Å². The predicted molar refractivity (Wildman–Crippen MR) is 476 cm³/mol. The average molecular weight is 1730 g/mol. The number of fused-ring (bicyclic) bond motifs is 4. The van der Waals surface area contributed by atoms with E-state index < -0.39 is 0 Å². The van der Waals surface area contributed by atoms with E-state index in [2.05, 4.69) is 154 Å². The summed E-state index contributed by atoms with van der Waals surface area (Å²) in [5.74, 6) is 3.44. The quantitative estimate of drug-likeness (QED) is 0.0446. The van der Waals surface area contributed by atoms with Crippen LogP contribution in [0.2, 0.25) is 0 Å². The van der Waals surface area contributed by atoms with Crippen molar-refractivity contribution in [3.05, 3.63) is 195 Å². The minimum atomic E-state index is -0.270. The molecule has 662 valence electrons. The molecule has 4 aliphatic carbocycles. The number of aliphatic hydroxyl groups is 1. The summed E-state index contributed by atoms with van der Waals surface area (Å²) in [5.41, 5.74) is 12.8. The molecule has 8 aromatic heterocycles. The maximum absolute atomic E-state index is 12.4. The number of nitrogens with zero attached hydrogens (tertiary/aromatic N) is 17. The van der Waals surface area contributed by atoms with E-state index in [1.807, 2.05) is 0 Å². The molecule has 34 heteroatoms. The van der Waals surface area contributed by atoms with E-state index in [0.717, 1.165) is 298 Å². The van der Waals surface area contributed by atoms with Crippen LogP contribution in [0.4, 0.5) is 28.7 Å². The summed E-state index contributed by atoms with van der Waals surface area (Å²) < 4.78 is 52.8. The predicted octanol–water partition coefficient (Wildman–Crippen LogP) is 11.1. The Labute approximate surface area is 735 Å². The van der Waals surface area contributed by atoms with Gasteiger partial charge >= 0.3 is 5.91 Å². The van der Waals surface area contributed by atoms with Crippen molar-refractivity contribution in [2.75, 3.05) is 130 Å². The Balaban J connectivity index is 0.000000119. The summed E-state index contributed by atoms with van der Waals surface area (Å²) in [4.78, 5) is 103. The molecule has 0 bridgehead atoms. The Hall–Kier alpha value is -12.8. The number of pyridine rings is 2. The SMILES string of the molecule is O=C(NC1CCC(Oc2cc(N3CCOCC3)cc3nccnc23)CC1)c1cccnc1.O=C(NC1CCC(Oc2cc(N3CCOCC3)cc3nccnc23)CC1)c1ccncc1.O=C(NC1CCC(Oc2cc(N3CCOCC3)cc3nccnc23)CC1)c1ncco1.OCc1cnc(NC2CCC(Oc3cc(N4CCOCC4)cc4nccnc34)CC2)nc1. The van der Waals surface area contributed by atoms with Gasteiger partial charge in [0.1, 0.15) is 51.3 Å². The maximum Gasteiger partial charge on any atom is 0.307 e. The molecule has 4 aliphatic heterocycles. The number of carbonyl (C=O) groups is 3. The van der Waals surface area contributed by atoms with Gasteiger partial charge in [-0.15, -0.1) is 0 Å². The van der Waals surface area contributed by atoms with Gasteiger partial charge in [0, 0.05) is 221 Å². The number of aliphatic hydroxyl groups excluding tert-OH is 1. The van der Waals surface area contributed by atoms with Crippen LogP contribution in [-0.4, -0.2) is 241 Å². The number of aromatic nitrogens is 13. The van der Waals surface area contributed by atoms with Crippen LogP contribution in [0.25, 0.3) is 44.1 Å². The van der Waals surface area contributed by atoms with Crippen LogP contribution in [0.1, 0.15) is 140 Å². The van der Waals surface area contributed by atoms with Crippen molar-refractivity contribution in [3.8, 4) is 23.0 Å². The lowest BCUT2D eigenvalue weighted by atomic mass is 9.92. The fraction of sp³-hybridized carbons (Fsp3) is 0.441. The molecular formula is C93H107N21O13. The first-order valence-electron chi connectivity index (χ1n) is 44.3. The lowest BCUT2D eigenvalue weighted by Gasteiger charge is -2.31. The van der Waals surface area contributed by atoms with Gasteiger partial charge in [-0.25, -0.2) is 34.9 Å². The van der Waals surface area contributed by atoms with Gasteiger partial charge in [0.05, 0.1) is 118 Å². The molecule has 8 fully saturated rings. The normalized spacial score (nSPS) is 21.5. The van der Waals surface area contributed by atoms with Crippen LogP contribution in [0, 0.1) is 0 Å². The highest BCUT2D eigenvalue weighted by atomic mass is 16.5. The number of anilines is 5. The van der Waals surface area contributed by atoms with E-state index in [0.29, 0.717) is 28.7 Å². The molecule has 5 N–H and O–H groups in total. The molecule has 8 aliphatic rings.